The average molecular weight is 298 g/mol. The van der Waals surface area contributed by atoms with Crippen LogP contribution in [0.2, 0.25) is 0 Å². The van der Waals surface area contributed by atoms with Gasteiger partial charge in [0.25, 0.3) is 0 Å². The molecule has 0 aliphatic carbocycles. The molecule has 0 bridgehead atoms. The van der Waals surface area contributed by atoms with Crippen LogP contribution in [0, 0.1) is 5.92 Å². The molecule has 1 rings (SSSR count). The third kappa shape index (κ3) is 7.55. The summed E-state index contributed by atoms with van der Waals surface area (Å²) < 4.78 is 12.7. The summed E-state index contributed by atoms with van der Waals surface area (Å²) in [4.78, 5) is 4.39. The molecule has 1 N–H and O–H groups in total. The summed E-state index contributed by atoms with van der Waals surface area (Å²) in [6.45, 7) is 10.3. The largest absolute Gasteiger partial charge is 0.382 e. The molecule has 1 heterocycles. The van der Waals surface area contributed by atoms with Crippen molar-refractivity contribution < 1.29 is 9.47 Å². The third-order valence-electron chi connectivity index (χ3n) is 3.10. The lowest BCUT2D eigenvalue weighted by Crippen LogP contribution is -2.37. The Labute approximate surface area is 128 Å². The second kappa shape index (κ2) is 10.7. The topological polar surface area (TPSA) is 61.2 Å². The van der Waals surface area contributed by atoms with Crippen molar-refractivity contribution in [1.82, 2.24) is 20.1 Å². The third-order valence-corrected chi connectivity index (χ3v) is 3.10. The van der Waals surface area contributed by atoms with E-state index in [1.54, 1.807) is 13.4 Å². The van der Waals surface area contributed by atoms with Gasteiger partial charge < -0.3 is 14.8 Å². The molecule has 0 saturated heterocycles. The Morgan fingerprint density at radius 1 is 1.33 bits per heavy atom. The molecule has 1 aromatic heterocycles. The number of rotatable bonds is 12. The second-order valence-corrected chi connectivity index (χ2v) is 5.68. The van der Waals surface area contributed by atoms with Gasteiger partial charge in [-0.15, -0.1) is 0 Å². The van der Waals surface area contributed by atoms with Crippen LogP contribution in [0.3, 0.4) is 0 Å². The molecular formula is C15H30N4O2. The Kier molecular flexibility index (Phi) is 9.21. The maximum absolute atomic E-state index is 5.66. The van der Waals surface area contributed by atoms with Crippen molar-refractivity contribution in [3.63, 3.8) is 0 Å². The number of aromatic nitrogens is 3. The molecule has 0 radical (unpaired) electrons. The van der Waals surface area contributed by atoms with E-state index in [1.165, 1.54) is 0 Å². The first-order valence-corrected chi connectivity index (χ1v) is 7.84. The average Bonchev–Trinajstić information content (AvgIpc) is 2.87. The van der Waals surface area contributed by atoms with Crippen LogP contribution in [0.4, 0.5) is 0 Å². The molecule has 6 nitrogen and oxygen atoms in total. The number of hydrogen-bond acceptors (Lipinski definition) is 5. The zero-order valence-electron chi connectivity index (χ0n) is 13.8. The highest BCUT2D eigenvalue weighted by Gasteiger charge is 2.14. The first-order chi connectivity index (χ1) is 10.2. The van der Waals surface area contributed by atoms with Crippen LogP contribution in [0.5, 0.6) is 0 Å². The first kappa shape index (κ1) is 18.1. The maximum Gasteiger partial charge on any atom is 0.138 e. The SMILES string of the molecule is CCCNC(COCCOC)Cc1ncnn1CC(C)C. The van der Waals surface area contributed by atoms with E-state index in [4.69, 9.17) is 9.47 Å². The van der Waals surface area contributed by atoms with Gasteiger partial charge in [0.2, 0.25) is 0 Å². The smallest absolute Gasteiger partial charge is 0.138 e. The predicted molar refractivity (Wildman–Crippen MR) is 83.3 cm³/mol. The molecule has 0 amide bonds. The molecule has 1 aromatic rings. The van der Waals surface area contributed by atoms with E-state index < -0.39 is 0 Å². The fourth-order valence-corrected chi connectivity index (χ4v) is 2.07. The minimum Gasteiger partial charge on any atom is -0.382 e. The molecule has 0 fully saturated rings. The summed E-state index contributed by atoms with van der Waals surface area (Å²) in [6.07, 6.45) is 3.58. The van der Waals surface area contributed by atoms with Crippen LogP contribution in [-0.4, -0.2) is 54.3 Å². The van der Waals surface area contributed by atoms with Gasteiger partial charge in [-0.25, -0.2) is 9.67 Å². The van der Waals surface area contributed by atoms with E-state index >= 15 is 0 Å². The highest BCUT2D eigenvalue weighted by atomic mass is 16.5. The van der Waals surface area contributed by atoms with Crippen LogP contribution < -0.4 is 5.32 Å². The summed E-state index contributed by atoms with van der Waals surface area (Å²) in [5.41, 5.74) is 0. The number of hydrogen-bond donors (Lipinski definition) is 1. The summed E-state index contributed by atoms with van der Waals surface area (Å²) in [5.74, 6) is 1.58. The van der Waals surface area contributed by atoms with Gasteiger partial charge >= 0.3 is 0 Å². The molecule has 1 unspecified atom stereocenters. The molecule has 0 spiro atoms. The Morgan fingerprint density at radius 3 is 2.81 bits per heavy atom. The first-order valence-electron chi connectivity index (χ1n) is 7.84. The van der Waals surface area contributed by atoms with E-state index in [2.05, 4.69) is 36.2 Å². The number of nitrogens with zero attached hydrogens (tertiary/aromatic N) is 3. The summed E-state index contributed by atoms with van der Waals surface area (Å²) >= 11 is 0. The van der Waals surface area contributed by atoms with Gasteiger partial charge in [0.05, 0.1) is 19.8 Å². The molecule has 122 valence electrons. The van der Waals surface area contributed by atoms with Gasteiger partial charge in [-0.05, 0) is 18.9 Å². The molecular weight excluding hydrogens is 268 g/mol. The summed E-state index contributed by atoms with van der Waals surface area (Å²) in [7, 11) is 1.69. The van der Waals surface area contributed by atoms with E-state index in [1.807, 2.05) is 4.68 Å². The van der Waals surface area contributed by atoms with Crippen molar-refractivity contribution in [3.8, 4) is 0 Å². The van der Waals surface area contributed by atoms with Crippen molar-refractivity contribution in [2.75, 3.05) is 33.5 Å². The van der Waals surface area contributed by atoms with Gasteiger partial charge in [0.1, 0.15) is 12.2 Å². The van der Waals surface area contributed by atoms with Gasteiger partial charge in [0, 0.05) is 26.1 Å². The fraction of sp³-hybridized carbons (Fsp3) is 0.867. The lowest BCUT2D eigenvalue weighted by molar-refractivity contribution is 0.0583. The summed E-state index contributed by atoms with van der Waals surface area (Å²) in [6, 6.07) is 0.261. The highest BCUT2D eigenvalue weighted by molar-refractivity contribution is 4.90. The Hall–Kier alpha value is -0.980. The van der Waals surface area contributed by atoms with Gasteiger partial charge in [-0.1, -0.05) is 20.8 Å². The Balaban J connectivity index is 2.52. The van der Waals surface area contributed by atoms with Gasteiger partial charge in [-0.3, -0.25) is 0 Å². The highest BCUT2D eigenvalue weighted by Crippen LogP contribution is 2.05. The lowest BCUT2D eigenvalue weighted by Gasteiger charge is -2.19. The predicted octanol–water partition coefficient (Wildman–Crippen LogP) is 1.51. The van der Waals surface area contributed by atoms with E-state index in [0.717, 1.165) is 31.8 Å². The Morgan fingerprint density at radius 2 is 2.14 bits per heavy atom. The molecule has 1 atom stereocenters. The van der Waals surface area contributed by atoms with Crippen LogP contribution in [0.1, 0.15) is 33.0 Å². The number of ether oxygens (including phenoxy) is 2. The van der Waals surface area contributed by atoms with Gasteiger partial charge in [0.15, 0.2) is 0 Å². The molecule has 0 aliphatic heterocycles. The second-order valence-electron chi connectivity index (χ2n) is 5.68. The van der Waals surface area contributed by atoms with Crippen LogP contribution in [0.25, 0.3) is 0 Å². The van der Waals surface area contributed by atoms with Crippen molar-refractivity contribution in [1.29, 1.82) is 0 Å². The quantitative estimate of drug-likeness (QED) is 0.593. The van der Waals surface area contributed by atoms with E-state index in [-0.39, 0.29) is 6.04 Å². The maximum atomic E-state index is 5.66. The van der Waals surface area contributed by atoms with E-state index in [9.17, 15) is 0 Å². The minimum atomic E-state index is 0.261. The zero-order valence-corrected chi connectivity index (χ0v) is 13.8. The van der Waals surface area contributed by atoms with Crippen molar-refractivity contribution in [2.24, 2.45) is 5.92 Å². The Bertz CT molecular complexity index is 368. The van der Waals surface area contributed by atoms with Gasteiger partial charge in [-0.2, -0.15) is 5.10 Å². The molecule has 6 heteroatoms. The van der Waals surface area contributed by atoms with Crippen molar-refractivity contribution >= 4 is 0 Å². The normalized spacial score (nSPS) is 13.0. The number of nitrogens with one attached hydrogen (secondary N) is 1. The zero-order chi connectivity index (χ0) is 15.5. The van der Waals surface area contributed by atoms with Crippen LogP contribution in [-0.2, 0) is 22.4 Å². The van der Waals surface area contributed by atoms with E-state index in [0.29, 0.717) is 25.7 Å². The standard InChI is InChI=1S/C15H30N4O2/c1-5-6-16-14(11-21-8-7-20-4)9-15-17-12-18-19(15)10-13(2)3/h12-14,16H,5-11H2,1-4H3. The van der Waals surface area contributed by atoms with Crippen molar-refractivity contribution in [3.05, 3.63) is 12.2 Å². The minimum absolute atomic E-state index is 0.261. The molecule has 0 aromatic carbocycles. The molecule has 0 aliphatic rings. The monoisotopic (exact) mass is 298 g/mol. The molecule has 21 heavy (non-hydrogen) atoms. The van der Waals surface area contributed by atoms with Crippen LogP contribution in [0.15, 0.2) is 6.33 Å². The molecule has 0 saturated carbocycles. The lowest BCUT2D eigenvalue weighted by atomic mass is 10.2. The number of methoxy groups -OCH3 is 1. The van der Waals surface area contributed by atoms with Crippen LogP contribution >= 0.6 is 0 Å². The fourth-order valence-electron chi connectivity index (χ4n) is 2.07. The van der Waals surface area contributed by atoms with Crippen molar-refractivity contribution in [2.45, 2.75) is 46.2 Å². The summed E-state index contributed by atoms with van der Waals surface area (Å²) in [5, 5.41) is 7.83.